The first-order valence-corrected chi connectivity index (χ1v) is 7.40. The van der Waals surface area contributed by atoms with Crippen LogP contribution in [0.3, 0.4) is 0 Å². The lowest BCUT2D eigenvalue weighted by Crippen LogP contribution is -2.00. The lowest BCUT2D eigenvalue weighted by atomic mass is 9.98. The van der Waals surface area contributed by atoms with Gasteiger partial charge >= 0.3 is 5.97 Å². The Morgan fingerprint density at radius 2 is 1.87 bits per heavy atom. The average Bonchev–Trinajstić information content (AvgIpc) is 2.51. The van der Waals surface area contributed by atoms with Crippen LogP contribution in [0.15, 0.2) is 36.4 Å². The number of carbonyl (C=O) groups is 1. The summed E-state index contributed by atoms with van der Waals surface area (Å²) in [6, 6.07) is 10.3. The Morgan fingerprint density at radius 1 is 1.13 bits per heavy atom. The first-order valence-electron chi connectivity index (χ1n) is 7.40. The lowest BCUT2D eigenvalue weighted by Gasteiger charge is -2.09. The molecule has 0 fully saturated rings. The molecule has 0 saturated carbocycles. The van der Waals surface area contributed by atoms with Gasteiger partial charge in [0.1, 0.15) is 0 Å². The van der Waals surface area contributed by atoms with Crippen molar-refractivity contribution in [1.29, 1.82) is 0 Å². The molecular formula is C19H20O4. The van der Waals surface area contributed by atoms with Crippen molar-refractivity contribution in [3.8, 4) is 11.5 Å². The van der Waals surface area contributed by atoms with Crippen molar-refractivity contribution in [2.45, 2.75) is 20.8 Å². The Kier molecular flexibility index (Phi) is 5.06. The number of aliphatic carboxylic acids is 1. The minimum absolute atomic E-state index is 0.0343. The molecule has 0 aliphatic heterocycles. The molecule has 0 aliphatic carbocycles. The second-order valence-corrected chi connectivity index (χ2v) is 5.32. The zero-order valence-electron chi connectivity index (χ0n) is 13.5. The van der Waals surface area contributed by atoms with Crippen molar-refractivity contribution >= 4 is 17.6 Å². The van der Waals surface area contributed by atoms with E-state index >= 15 is 0 Å². The van der Waals surface area contributed by atoms with Gasteiger partial charge in [0, 0.05) is 0 Å². The van der Waals surface area contributed by atoms with Gasteiger partial charge in [0.15, 0.2) is 11.5 Å². The van der Waals surface area contributed by atoms with Crippen LogP contribution in [-0.2, 0) is 4.79 Å². The van der Waals surface area contributed by atoms with Crippen molar-refractivity contribution in [2.75, 3.05) is 6.61 Å². The minimum atomic E-state index is -1.00. The number of benzene rings is 2. The zero-order chi connectivity index (χ0) is 17.0. The van der Waals surface area contributed by atoms with E-state index in [1.165, 1.54) is 6.07 Å². The van der Waals surface area contributed by atoms with Crippen molar-refractivity contribution in [3.05, 3.63) is 58.7 Å². The van der Waals surface area contributed by atoms with E-state index in [2.05, 4.69) is 0 Å². The number of rotatable bonds is 5. The van der Waals surface area contributed by atoms with E-state index in [0.29, 0.717) is 23.5 Å². The molecule has 0 spiro atoms. The molecule has 0 bridgehead atoms. The van der Waals surface area contributed by atoms with Gasteiger partial charge in [-0.3, -0.25) is 0 Å². The van der Waals surface area contributed by atoms with Crippen molar-refractivity contribution in [1.82, 2.24) is 0 Å². The van der Waals surface area contributed by atoms with Gasteiger partial charge in [-0.05, 0) is 61.2 Å². The molecule has 0 atom stereocenters. The van der Waals surface area contributed by atoms with Crippen LogP contribution in [-0.4, -0.2) is 22.8 Å². The minimum Gasteiger partial charge on any atom is -0.504 e. The highest BCUT2D eigenvalue weighted by Crippen LogP contribution is 2.29. The third-order valence-corrected chi connectivity index (χ3v) is 3.64. The molecule has 2 rings (SSSR count). The zero-order valence-corrected chi connectivity index (χ0v) is 13.5. The van der Waals surface area contributed by atoms with Crippen LogP contribution in [0.1, 0.15) is 29.2 Å². The molecule has 2 aromatic carbocycles. The highest BCUT2D eigenvalue weighted by Gasteiger charge is 2.12. The van der Waals surface area contributed by atoms with Gasteiger partial charge < -0.3 is 14.9 Å². The largest absolute Gasteiger partial charge is 0.504 e. The summed E-state index contributed by atoms with van der Waals surface area (Å²) in [6.07, 6.45) is 1.58. The Bertz CT molecular complexity index is 760. The second-order valence-electron chi connectivity index (χ2n) is 5.32. The fraction of sp³-hybridized carbons (Fsp3) is 0.211. The maximum Gasteiger partial charge on any atom is 0.336 e. The number of hydrogen-bond acceptors (Lipinski definition) is 3. The monoisotopic (exact) mass is 312 g/mol. The number of hydrogen-bond donors (Lipinski definition) is 2. The van der Waals surface area contributed by atoms with Gasteiger partial charge in [0.2, 0.25) is 0 Å². The predicted octanol–water partition coefficient (Wildman–Crippen LogP) is 4.03. The van der Waals surface area contributed by atoms with Gasteiger partial charge in [0.05, 0.1) is 12.2 Å². The first kappa shape index (κ1) is 16.6. The van der Waals surface area contributed by atoms with E-state index < -0.39 is 5.97 Å². The van der Waals surface area contributed by atoms with Crippen LogP contribution in [0, 0.1) is 13.8 Å². The fourth-order valence-electron chi connectivity index (χ4n) is 2.24. The van der Waals surface area contributed by atoms with Crippen molar-refractivity contribution in [2.24, 2.45) is 0 Å². The number of ether oxygens (including phenoxy) is 1. The van der Waals surface area contributed by atoms with Crippen molar-refractivity contribution in [3.63, 3.8) is 0 Å². The van der Waals surface area contributed by atoms with Crippen molar-refractivity contribution < 1.29 is 19.7 Å². The Balaban J connectivity index is 2.49. The topological polar surface area (TPSA) is 66.8 Å². The average molecular weight is 312 g/mol. The fourth-order valence-corrected chi connectivity index (χ4v) is 2.24. The van der Waals surface area contributed by atoms with Gasteiger partial charge in [-0.15, -0.1) is 0 Å². The SMILES string of the molecule is CCOc1cc(/C=C(\C(=O)O)c2ccc(C)c(C)c2)ccc1O. The summed E-state index contributed by atoms with van der Waals surface area (Å²) in [6.45, 7) is 6.17. The summed E-state index contributed by atoms with van der Waals surface area (Å²) >= 11 is 0. The lowest BCUT2D eigenvalue weighted by molar-refractivity contribution is -0.130. The molecule has 120 valence electrons. The maximum atomic E-state index is 11.6. The molecule has 0 heterocycles. The number of phenolic OH excluding ortho intramolecular Hbond substituents is 1. The van der Waals surface area contributed by atoms with E-state index in [1.807, 2.05) is 32.9 Å². The molecular weight excluding hydrogens is 292 g/mol. The van der Waals surface area contributed by atoms with Gasteiger partial charge in [-0.1, -0.05) is 24.3 Å². The molecule has 0 aliphatic rings. The molecule has 2 aromatic rings. The molecule has 2 N–H and O–H groups in total. The van der Waals surface area contributed by atoms with Gasteiger partial charge in [-0.2, -0.15) is 0 Å². The van der Waals surface area contributed by atoms with E-state index in [1.54, 1.807) is 24.3 Å². The Hall–Kier alpha value is -2.75. The summed E-state index contributed by atoms with van der Waals surface area (Å²) in [4.78, 5) is 11.6. The molecule has 0 radical (unpaired) electrons. The number of aryl methyl sites for hydroxylation is 2. The standard InChI is InChI=1S/C19H20O4/c1-4-23-18-11-14(6-8-17(18)20)10-16(19(21)22)15-7-5-12(2)13(3)9-15/h5-11,20H,4H2,1-3H3,(H,21,22)/b16-10-. The van der Waals surface area contributed by atoms with E-state index in [-0.39, 0.29) is 11.3 Å². The molecule has 23 heavy (non-hydrogen) atoms. The predicted molar refractivity (Wildman–Crippen MR) is 90.7 cm³/mol. The van der Waals surface area contributed by atoms with Crippen LogP contribution in [0.25, 0.3) is 11.6 Å². The maximum absolute atomic E-state index is 11.6. The number of aromatic hydroxyl groups is 1. The quantitative estimate of drug-likeness (QED) is 0.646. The molecule has 0 unspecified atom stereocenters. The molecule has 0 saturated heterocycles. The highest BCUT2D eigenvalue weighted by molar-refractivity contribution is 6.20. The van der Waals surface area contributed by atoms with E-state index in [9.17, 15) is 15.0 Å². The summed E-state index contributed by atoms with van der Waals surface area (Å²) in [5.74, 6) is -0.627. The third kappa shape index (κ3) is 3.92. The molecule has 4 heteroatoms. The van der Waals surface area contributed by atoms with Crippen LogP contribution < -0.4 is 4.74 Å². The number of carboxylic acid groups (broad SMARTS) is 1. The Labute approximate surface area is 135 Å². The summed E-state index contributed by atoms with van der Waals surface area (Å²) in [5.41, 5.74) is 3.65. The molecule has 0 amide bonds. The van der Waals surface area contributed by atoms with E-state index in [4.69, 9.17) is 4.74 Å². The molecule has 0 aromatic heterocycles. The van der Waals surface area contributed by atoms with Crippen LogP contribution in [0.5, 0.6) is 11.5 Å². The van der Waals surface area contributed by atoms with Crippen LogP contribution in [0.2, 0.25) is 0 Å². The third-order valence-electron chi connectivity index (χ3n) is 3.64. The van der Waals surface area contributed by atoms with Gasteiger partial charge in [-0.25, -0.2) is 4.79 Å². The van der Waals surface area contributed by atoms with Gasteiger partial charge in [0.25, 0.3) is 0 Å². The first-order chi connectivity index (χ1) is 10.9. The molecule has 4 nitrogen and oxygen atoms in total. The number of carboxylic acids is 1. The number of phenols is 1. The van der Waals surface area contributed by atoms with Crippen LogP contribution >= 0.6 is 0 Å². The normalized spacial score (nSPS) is 11.3. The summed E-state index contributed by atoms with van der Waals surface area (Å²) in [7, 11) is 0. The summed E-state index contributed by atoms with van der Waals surface area (Å²) in [5, 5.41) is 19.3. The smallest absolute Gasteiger partial charge is 0.336 e. The highest BCUT2D eigenvalue weighted by atomic mass is 16.5. The van der Waals surface area contributed by atoms with Crippen LogP contribution in [0.4, 0.5) is 0 Å². The second kappa shape index (κ2) is 7.01. The Morgan fingerprint density at radius 3 is 2.48 bits per heavy atom. The summed E-state index contributed by atoms with van der Waals surface area (Å²) < 4.78 is 5.33. The van der Waals surface area contributed by atoms with E-state index in [0.717, 1.165) is 11.1 Å².